The predicted molar refractivity (Wildman–Crippen MR) is 31.6 cm³/mol. The molecule has 0 aromatic rings. The normalized spacial score (nSPS) is 34.8. The average molecular weight is 133 g/mol. The minimum atomic E-state index is -1.52. The van der Waals surface area contributed by atoms with E-state index in [1.54, 1.807) is 0 Å². The van der Waals surface area contributed by atoms with Gasteiger partial charge in [-0.2, -0.15) is 0 Å². The number of hydrogen-bond acceptors (Lipinski definition) is 3. The monoisotopic (exact) mass is 132 g/mol. The Labute approximate surface area is 51.7 Å². The molecule has 1 heterocycles. The summed E-state index contributed by atoms with van der Waals surface area (Å²) in [5.74, 6) is 0. The molecule has 0 saturated heterocycles. The van der Waals surface area contributed by atoms with E-state index >= 15 is 0 Å². The van der Waals surface area contributed by atoms with Gasteiger partial charge in [-0.15, -0.1) is 0 Å². The fourth-order valence-electron chi connectivity index (χ4n) is 0.368. The first-order valence-corrected chi connectivity index (χ1v) is 2.47. The summed E-state index contributed by atoms with van der Waals surface area (Å²) in [6.07, 6.45) is 4.18. The van der Waals surface area contributed by atoms with Crippen molar-refractivity contribution in [1.82, 2.24) is 5.32 Å². The third-order valence-corrected chi connectivity index (χ3v) is 0.935. The lowest BCUT2D eigenvalue weighted by Gasteiger charge is -2.12. The summed E-state index contributed by atoms with van der Waals surface area (Å²) in [5.41, 5.74) is 0. The zero-order chi connectivity index (χ0) is 6.04. The van der Waals surface area contributed by atoms with Gasteiger partial charge in [0.1, 0.15) is 0 Å². The highest BCUT2D eigenvalue weighted by molar-refractivity contribution is 6.24. The minimum absolute atomic E-state index is 1.33. The lowest BCUT2D eigenvalue weighted by atomic mass is 10.5. The molecule has 1 rings (SSSR count). The van der Waals surface area contributed by atoms with E-state index in [4.69, 9.17) is 16.7 Å². The molecule has 0 radical (unpaired) electrons. The first kappa shape index (κ1) is 5.59. The number of alkyl halides is 1. The van der Waals surface area contributed by atoms with Gasteiger partial charge in [0.15, 0.2) is 0 Å². The van der Waals surface area contributed by atoms with Gasteiger partial charge in [-0.3, -0.25) is 0 Å². The first-order chi connectivity index (χ1) is 3.71. The van der Waals surface area contributed by atoms with E-state index in [1.807, 2.05) is 0 Å². The molecule has 0 aromatic carbocycles. The van der Waals surface area contributed by atoms with E-state index in [0.29, 0.717) is 0 Å². The van der Waals surface area contributed by atoms with E-state index in [1.165, 1.54) is 18.6 Å². The van der Waals surface area contributed by atoms with Crippen LogP contribution in [0.5, 0.6) is 0 Å². The molecule has 1 aliphatic rings. The Bertz CT molecular complexity index is 127. The molecule has 0 aromatic heterocycles. The summed E-state index contributed by atoms with van der Waals surface area (Å²) in [7, 11) is 0. The van der Waals surface area contributed by atoms with E-state index in [-0.39, 0.29) is 0 Å². The predicted octanol–water partition coefficient (Wildman–Crippen LogP) is 0.0165. The van der Waals surface area contributed by atoms with Gasteiger partial charge in [-0.25, -0.2) is 4.99 Å². The number of halogens is 1. The summed E-state index contributed by atoms with van der Waals surface area (Å²) in [4.78, 5) is 3.46. The van der Waals surface area contributed by atoms with Gasteiger partial charge in [0, 0.05) is 12.3 Å². The molecule has 0 aliphatic carbocycles. The molecule has 0 bridgehead atoms. The highest BCUT2D eigenvalue weighted by Gasteiger charge is 2.17. The molecule has 0 amide bonds. The van der Waals surface area contributed by atoms with E-state index in [0.717, 1.165) is 0 Å². The lowest BCUT2D eigenvalue weighted by molar-refractivity contribution is 0.188. The van der Waals surface area contributed by atoms with E-state index in [9.17, 15) is 0 Å². The first-order valence-electron chi connectivity index (χ1n) is 2.09. The Balaban J connectivity index is 2.69. The smallest absolute Gasteiger partial charge is 0.257 e. The quantitative estimate of drug-likeness (QED) is 0.361. The zero-order valence-electron chi connectivity index (χ0n) is 4.00. The van der Waals surface area contributed by atoms with Crippen LogP contribution in [0.15, 0.2) is 17.3 Å². The lowest BCUT2D eigenvalue weighted by Crippen LogP contribution is -2.21. The van der Waals surface area contributed by atoms with Gasteiger partial charge in [0.2, 0.25) is 0 Å². The standard InChI is InChI=1S/C4H5ClN2O/c5-4(8)1-2-6-3-7-4/h1-3,8H,(H,6,7). The average Bonchev–Trinajstić information content (AvgIpc) is 1.65. The maximum absolute atomic E-state index is 8.82. The summed E-state index contributed by atoms with van der Waals surface area (Å²) >= 11 is 5.30. The van der Waals surface area contributed by atoms with Crippen LogP contribution >= 0.6 is 11.6 Å². The molecule has 0 saturated carbocycles. The number of nitrogens with one attached hydrogen (secondary N) is 1. The molecule has 0 spiro atoms. The summed E-state index contributed by atoms with van der Waals surface area (Å²) < 4.78 is 0. The highest BCUT2D eigenvalue weighted by atomic mass is 35.5. The molecule has 3 nitrogen and oxygen atoms in total. The van der Waals surface area contributed by atoms with Crippen LogP contribution in [0.25, 0.3) is 0 Å². The van der Waals surface area contributed by atoms with Crippen LogP contribution in [0.4, 0.5) is 0 Å². The number of rotatable bonds is 0. The minimum Gasteiger partial charge on any atom is -0.354 e. The van der Waals surface area contributed by atoms with Crippen molar-refractivity contribution in [2.45, 2.75) is 5.18 Å². The second-order valence-electron chi connectivity index (χ2n) is 1.39. The van der Waals surface area contributed by atoms with E-state index < -0.39 is 5.18 Å². The summed E-state index contributed by atoms with van der Waals surface area (Å²) in [5, 5.41) is 9.92. The van der Waals surface area contributed by atoms with Crippen LogP contribution in [-0.4, -0.2) is 16.6 Å². The van der Waals surface area contributed by atoms with Crippen LogP contribution in [0, 0.1) is 0 Å². The third-order valence-electron chi connectivity index (χ3n) is 0.712. The third kappa shape index (κ3) is 1.21. The molecule has 8 heavy (non-hydrogen) atoms. The van der Waals surface area contributed by atoms with Gasteiger partial charge in [0.25, 0.3) is 5.18 Å². The van der Waals surface area contributed by atoms with Crippen LogP contribution in [0.2, 0.25) is 0 Å². The van der Waals surface area contributed by atoms with Crippen LogP contribution in [-0.2, 0) is 0 Å². The second kappa shape index (κ2) is 1.76. The fourth-order valence-corrected chi connectivity index (χ4v) is 0.480. The highest BCUT2D eigenvalue weighted by Crippen LogP contribution is 2.14. The Hall–Kier alpha value is -0.540. The molecule has 1 unspecified atom stereocenters. The number of aliphatic hydroxyl groups is 1. The van der Waals surface area contributed by atoms with Crippen LogP contribution in [0.3, 0.4) is 0 Å². The van der Waals surface area contributed by atoms with Crippen molar-refractivity contribution in [3.05, 3.63) is 12.3 Å². The molecular formula is C4H5ClN2O. The molecule has 0 fully saturated rings. The Morgan fingerprint density at radius 2 is 2.50 bits per heavy atom. The second-order valence-corrected chi connectivity index (χ2v) is 1.95. The van der Waals surface area contributed by atoms with Crippen molar-refractivity contribution in [1.29, 1.82) is 0 Å². The van der Waals surface area contributed by atoms with Gasteiger partial charge in [-0.05, 0) is 0 Å². The molecule has 1 atom stereocenters. The van der Waals surface area contributed by atoms with Gasteiger partial charge in [0.05, 0.1) is 6.34 Å². The van der Waals surface area contributed by atoms with E-state index in [2.05, 4.69) is 10.3 Å². The Kier molecular flexibility index (Phi) is 1.23. The summed E-state index contributed by atoms with van der Waals surface area (Å²) in [6, 6.07) is 0. The van der Waals surface area contributed by atoms with Crippen molar-refractivity contribution in [3.63, 3.8) is 0 Å². The molecule has 1 aliphatic heterocycles. The summed E-state index contributed by atoms with van der Waals surface area (Å²) in [6.45, 7) is 0. The van der Waals surface area contributed by atoms with Crippen molar-refractivity contribution < 1.29 is 5.11 Å². The number of aliphatic imine (C=N–C) groups is 1. The molecule has 44 valence electrons. The zero-order valence-corrected chi connectivity index (χ0v) is 4.76. The Morgan fingerprint density at radius 1 is 1.75 bits per heavy atom. The van der Waals surface area contributed by atoms with Gasteiger partial charge in [-0.1, -0.05) is 11.6 Å². The van der Waals surface area contributed by atoms with Crippen LogP contribution in [0.1, 0.15) is 0 Å². The number of nitrogens with zero attached hydrogens (tertiary/aromatic N) is 1. The topological polar surface area (TPSA) is 44.6 Å². The van der Waals surface area contributed by atoms with Gasteiger partial charge < -0.3 is 10.4 Å². The van der Waals surface area contributed by atoms with Crippen molar-refractivity contribution in [2.24, 2.45) is 4.99 Å². The molecule has 2 N–H and O–H groups in total. The molecule has 4 heteroatoms. The number of hydrogen-bond donors (Lipinski definition) is 2. The SMILES string of the molecule is OC1(Cl)C=CNC=N1. The van der Waals surface area contributed by atoms with Gasteiger partial charge >= 0.3 is 0 Å². The van der Waals surface area contributed by atoms with Crippen molar-refractivity contribution in [2.75, 3.05) is 0 Å². The maximum Gasteiger partial charge on any atom is 0.257 e. The fraction of sp³-hybridized carbons (Fsp3) is 0.250. The van der Waals surface area contributed by atoms with Crippen LogP contribution < -0.4 is 5.32 Å². The van der Waals surface area contributed by atoms with Crippen molar-refractivity contribution >= 4 is 17.9 Å². The largest absolute Gasteiger partial charge is 0.354 e. The molecular weight excluding hydrogens is 128 g/mol. The maximum atomic E-state index is 8.82. The Morgan fingerprint density at radius 3 is 2.75 bits per heavy atom. The van der Waals surface area contributed by atoms with Crippen molar-refractivity contribution in [3.8, 4) is 0 Å².